The van der Waals surface area contributed by atoms with Crippen LogP contribution < -0.4 is 0 Å². The Balaban J connectivity index is 1.64. The molecule has 3 saturated carbocycles. The minimum absolute atomic E-state index is 0.485. The molecule has 0 saturated heterocycles. The Morgan fingerprint density at radius 2 is 1.90 bits per heavy atom. The number of ketones is 1. The number of carbonyl (C=O) groups excluding carboxylic acids is 1. The molecule has 0 aromatic rings. The molecular formula is C19H28O. The molecule has 0 spiro atoms. The summed E-state index contributed by atoms with van der Waals surface area (Å²) in [6.45, 7) is 4.92. The molecule has 0 aromatic heterocycles. The zero-order valence-corrected chi connectivity index (χ0v) is 13.1. The molecule has 4 aliphatic carbocycles. The first-order valence-corrected chi connectivity index (χ1v) is 8.80. The second-order valence-electron chi connectivity index (χ2n) is 8.28. The summed E-state index contributed by atoms with van der Waals surface area (Å²) in [4.78, 5) is 11.8. The van der Waals surface area contributed by atoms with E-state index in [9.17, 15) is 4.79 Å². The smallest absolute Gasteiger partial charge is 0.133 e. The van der Waals surface area contributed by atoms with Gasteiger partial charge in [0.25, 0.3) is 0 Å². The quantitative estimate of drug-likeness (QED) is 0.573. The third-order valence-corrected chi connectivity index (χ3v) is 7.63. The molecule has 0 unspecified atom stereocenters. The Labute approximate surface area is 123 Å². The molecular weight excluding hydrogens is 244 g/mol. The van der Waals surface area contributed by atoms with Crippen molar-refractivity contribution in [2.75, 3.05) is 0 Å². The van der Waals surface area contributed by atoms with Crippen LogP contribution in [0.4, 0.5) is 0 Å². The Morgan fingerprint density at radius 1 is 1.05 bits per heavy atom. The number of allylic oxidation sites excluding steroid dienone is 2. The molecule has 1 nitrogen and oxygen atoms in total. The molecule has 0 aliphatic heterocycles. The molecule has 0 N–H and O–H groups in total. The summed E-state index contributed by atoms with van der Waals surface area (Å²) in [5.41, 5.74) is 4.05. The summed E-state index contributed by atoms with van der Waals surface area (Å²) in [6, 6.07) is 0. The average molecular weight is 272 g/mol. The van der Waals surface area contributed by atoms with Gasteiger partial charge in [-0.1, -0.05) is 18.1 Å². The molecule has 110 valence electrons. The van der Waals surface area contributed by atoms with Gasteiger partial charge < -0.3 is 0 Å². The maximum Gasteiger partial charge on any atom is 0.133 e. The van der Waals surface area contributed by atoms with Crippen LogP contribution in [0, 0.1) is 29.1 Å². The van der Waals surface area contributed by atoms with E-state index in [-0.39, 0.29) is 0 Å². The molecule has 0 bridgehead atoms. The second kappa shape index (κ2) is 4.45. The summed E-state index contributed by atoms with van der Waals surface area (Å²) in [6.07, 6.45) is 11.2. The molecule has 20 heavy (non-hydrogen) atoms. The van der Waals surface area contributed by atoms with E-state index < -0.39 is 0 Å². The minimum atomic E-state index is 0.485. The Hall–Kier alpha value is -0.590. The number of fused-ring (bicyclic) bond motifs is 5. The zero-order chi connectivity index (χ0) is 13.9. The van der Waals surface area contributed by atoms with E-state index in [1.54, 1.807) is 5.57 Å². The largest absolute Gasteiger partial charge is 0.300 e. The molecule has 0 amide bonds. The Bertz CT molecular complexity index is 474. The first kappa shape index (κ1) is 13.1. The number of hydrogen-bond donors (Lipinski definition) is 0. The van der Waals surface area contributed by atoms with Crippen LogP contribution in [0.25, 0.3) is 0 Å². The van der Waals surface area contributed by atoms with Crippen LogP contribution in [0.15, 0.2) is 11.1 Å². The topological polar surface area (TPSA) is 17.1 Å². The van der Waals surface area contributed by atoms with Crippen LogP contribution in [-0.2, 0) is 4.79 Å². The van der Waals surface area contributed by atoms with Crippen LogP contribution >= 0.6 is 0 Å². The van der Waals surface area contributed by atoms with Crippen molar-refractivity contribution in [1.82, 2.24) is 0 Å². The Morgan fingerprint density at radius 3 is 2.75 bits per heavy atom. The zero-order valence-electron chi connectivity index (χ0n) is 13.1. The predicted octanol–water partition coefficient (Wildman–Crippen LogP) is 4.91. The highest BCUT2D eigenvalue weighted by atomic mass is 16.1. The van der Waals surface area contributed by atoms with Gasteiger partial charge in [0.15, 0.2) is 0 Å². The summed E-state index contributed by atoms with van der Waals surface area (Å²) < 4.78 is 0. The van der Waals surface area contributed by atoms with E-state index in [1.165, 1.54) is 44.9 Å². The van der Waals surface area contributed by atoms with Gasteiger partial charge in [-0.05, 0) is 81.0 Å². The van der Waals surface area contributed by atoms with Crippen LogP contribution in [0.5, 0.6) is 0 Å². The second-order valence-corrected chi connectivity index (χ2v) is 8.28. The van der Waals surface area contributed by atoms with Crippen LogP contribution in [0.3, 0.4) is 0 Å². The monoisotopic (exact) mass is 272 g/mol. The van der Waals surface area contributed by atoms with Gasteiger partial charge in [0.1, 0.15) is 5.78 Å². The van der Waals surface area contributed by atoms with Crippen molar-refractivity contribution in [3.05, 3.63) is 11.1 Å². The van der Waals surface area contributed by atoms with E-state index in [1.807, 2.05) is 5.57 Å². The maximum atomic E-state index is 11.8. The highest BCUT2D eigenvalue weighted by Crippen LogP contribution is 2.62. The van der Waals surface area contributed by atoms with Crippen LogP contribution in [-0.4, -0.2) is 5.78 Å². The van der Waals surface area contributed by atoms with E-state index in [0.717, 1.165) is 30.6 Å². The summed E-state index contributed by atoms with van der Waals surface area (Å²) in [5.74, 6) is 4.03. The van der Waals surface area contributed by atoms with Gasteiger partial charge in [-0.15, -0.1) is 0 Å². The van der Waals surface area contributed by atoms with E-state index >= 15 is 0 Å². The maximum absolute atomic E-state index is 11.8. The molecule has 0 radical (unpaired) electrons. The third kappa shape index (κ3) is 1.71. The molecule has 4 rings (SSSR count). The normalized spacial score (nSPS) is 47.8. The van der Waals surface area contributed by atoms with Crippen LogP contribution in [0.2, 0.25) is 0 Å². The fraction of sp³-hybridized carbons (Fsp3) is 0.842. The molecule has 4 aliphatic rings. The van der Waals surface area contributed by atoms with Gasteiger partial charge >= 0.3 is 0 Å². The van der Waals surface area contributed by atoms with Crippen LogP contribution in [0.1, 0.15) is 71.6 Å². The lowest BCUT2D eigenvalue weighted by Crippen LogP contribution is -2.50. The molecule has 0 aromatic carbocycles. The highest BCUT2D eigenvalue weighted by molar-refractivity contribution is 5.79. The fourth-order valence-electron chi connectivity index (χ4n) is 6.46. The van der Waals surface area contributed by atoms with E-state index in [4.69, 9.17) is 0 Å². The lowest BCUT2D eigenvalue weighted by Gasteiger charge is -2.57. The first-order chi connectivity index (χ1) is 9.59. The third-order valence-electron chi connectivity index (χ3n) is 7.63. The highest BCUT2D eigenvalue weighted by Gasteiger charge is 2.54. The Kier molecular flexibility index (Phi) is 2.91. The standard InChI is InChI=1S/C19H28O/c1-12-3-5-16-15(12)7-8-18-17(16)6-4-13-11-14(20)9-10-19(13,18)2/h13,16-18H,3-11H2,1-2H3/t13-,16+,17-,18-,19+/m1/s1. The molecule has 0 heterocycles. The van der Waals surface area contributed by atoms with Crippen molar-refractivity contribution in [1.29, 1.82) is 0 Å². The first-order valence-electron chi connectivity index (χ1n) is 8.80. The number of carbonyl (C=O) groups is 1. The lowest BCUT2D eigenvalue weighted by atomic mass is 9.48. The summed E-state index contributed by atoms with van der Waals surface area (Å²) in [5, 5.41) is 0. The summed E-state index contributed by atoms with van der Waals surface area (Å²) >= 11 is 0. The van der Waals surface area contributed by atoms with E-state index in [2.05, 4.69) is 13.8 Å². The van der Waals surface area contributed by atoms with Crippen molar-refractivity contribution >= 4 is 5.78 Å². The lowest BCUT2D eigenvalue weighted by molar-refractivity contribution is -0.132. The summed E-state index contributed by atoms with van der Waals surface area (Å²) in [7, 11) is 0. The number of rotatable bonds is 0. The van der Waals surface area contributed by atoms with Crippen molar-refractivity contribution < 1.29 is 4.79 Å². The van der Waals surface area contributed by atoms with Crippen molar-refractivity contribution in [2.45, 2.75) is 71.6 Å². The van der Waals surface area contributed by atoms with Crippen molar-refractivity contribution in [3.8, 4) is 0 Å². The van der Waals surface area contributed by atoms with Gasteiger partial charge in [-0.2, -0.15) is 0 Å². The van der Waals surface area contributed by atoms with Gasteiger partial charge in [0, 0.05) is 12.8 Å². The van der Waals surface area contributed by atoms with Gasteiger partial charge in [-0.3, -0.25) is 4.79 Å². The van der Waals surface area contributed by atoms with E-state index in [0.29, 0.717) is 17.1 Å². The van der Waals surface area contributed by atoms with Gasteiger partial charge in [0.05, 0.1) is 0 Å². The van der Waals surface area contributed by atoms with Crippen molar-refractivity contribution in [3.63, 3.8) is 0 Å². The van der Waals surface area contributed by atoms with Crippen molar-refractivity contribution in [2.24, 2.45) is 29.1 Å². The molecule has 5 atom stereocenters. The fourth-order valence-corrected chi connectivity index (χ4v) is 6.46. The van der Waals surface area contributed by atoms with Gasteiger partial charge in [0.2, 0.25) is 0 Å². The SMILES string of the molecule is CC1=C2CC[C@@H]3[C@H](CC[C@@H]4CC(=O)CC[C@@]43C)[C@H]2CC1. The number of hydrogen-bond acceptors (Lipinski definition) is 1. The minimum Gasteiger partial charge on any atom is -0.300 e. The molecule has 3 fully saturated rings. The number of Topliss-reactive ketones (excluding diaryl/α,β-unsaturated/α-hetero) is 1. The molecule has 1 heteroatoms. The van der Waals surface area contributed by atoms with Gasteiger partial charge in [-0.25, -0.2) is 0 Å². The predicted molar refractivity (Wildman–Crippen MR) is 81.3 cm³/mol. The average Bonchev–Trinajstić information content (AvgIpc) is 2.82.